The molecule has 2 heteroatoms. The van der Waals surface area contributed by atoms with Gasteiger partial charge in [-0.2, -0.15) is 0 Å². The van der Waals surface area contributed by atoms with Crippen molar-refractivity contribution in [3.63, 3.8) is 0 Å². The number of rotatable bonds is 2. The Morgan fingerprint density at radius 1 is 1.05 bits per heavy atom. The fourth-order valence-corrected chi connectivity index (χ4v) is 3.93. The molecule has 0 saturated carbocycles. The monoisotopic (exact) mass is 290 g/mol. The second-order valence-corrected chi connectivity index (χ2v) is 11.4. The van der Waals surface area contributed by atoms with E-state index in [2.05, 4.69) is 19.6 Å². The van der Waals surface area contributed by atoms with E-state index in [1.54, 1.807) is 18.3 Å². The molecule has 0 fully saturated rings. The number of aryl methyl sites for hydroxylation is 4. The number of hydrogen-bond acceptors (Lipinski definition) is 0. The Hall–Kier alpha value is -1.41. The predicted molar refractivity (Wildman–Crippen MR) is 90.2 cm³/mol. The molecule has 0 N–H and O–H groups in total. The normalized spacial score (nSPS) is 17.4. The minimum atomic E-state index is -2.16. The molecule has 0 aliphatic rings. The van der Waals surface area contributed by atoms with E-state index < -0.39 is 21.8 Å². The maximum absolute atomic E-state index is 7.88. The van der Waals surface area contributed by atoms with Gasteiger partial charge < -0.3 is 0 Å². The molecule has 1 aromatic carbocycles. The van der Waals surface area contributed by atoms with Crippen LogP contribution in [-0.2, 0) is 7.05 Å². The van der Waals surface area contributed by atoms with Crippen LogP contribution in [0, 0.1) is 20.6 Å². The molecule has 0 aliphatic carbocycles. The maximum Gasteiger partial charge on any atom is 0.212 e. The average Bonchev–Trinajstić information content (AvgIpc) is 2.44. The van der Waals surface area contributed by atoms with Crippen molar-refractivity contribution in [3.8, 4) is 11.3 Å². The van der Waals surface area contributed by atoms with Gasteiger partial charge in [0.05, 0.1) is 8.07 Å². The molecule has 0 amide bonds. The molecule has 2 aromatic rings. The molecular formula is C18H26NSi+. The maximum atomic E-state index is 7.88. The summed E-state index contributed by atoms with van der Waals surface area (Å²) in [7, 11) is -0.0674. The van der Waals surface area contributed by atoms with E-state index in [-0.39, 0.29) is 0 Å². The summed E-state index contributed by atoms with van der Waals surface area (Å²) in [5.41, 5.74) is 3.38. The van der Waals surface area contributed by atoms with Crippen LogP contribution >= 0.6 is 0 Å². The van der Waals surface area contributed by atoms with Crippen LogP contribution in [0.1, 0.15) is 24.9 Å². The summed E-state index contributed by atoms with van der Waals surface area (Å²) in [6.07, 6.45) is 1.70. The summed E-state index contributed by atoms with van der Waals surface area (Å²) in [4.78, 5) is 0. The molecule has 0 spiro atoms. The fourth-order valence-electron chi connectivity index (χ4n) is 2.49. The quantitative estimate of drug-likeness (QED) is 0.587. The first kappa shape index (κ1) is 8.78. The summed E-state index contributed by atoms with van der Waals surface area (Å²) in [6, 6.07) is 7.11. The zero-order chi connectivity index (χ0) is 20.1. The van der Waals surface area contributed by atoms with Gasteiger partial charge in [0.25, 0.3) is 0 Å². The van der Waals surface area contributed by atoms with Gasteiger partial charge in [-0.1, -0.05) is 37.3 Å². The van der Waals surface area contributed by atoms with Gasteiger partial charge >= 0.3 is 0 Å². The summed E-state index contributed by atoms with van der Waals surface area (Å²) >= 11 is 0. The van der Waals surface area contributed by atoms with Crippen molar-refractivity contribution >= 4 is 13.3 Å². The summed E-state index contributed by atoms with van der Waals surface area (Å²) in [5.74, 6) is 0. The lowest BCUT2D eigenvalue weighted by atomic mass is 10.0. The molecule has 0 saturated heterocycles. The van der Waals surface area contributed by atoms with E-state index in [1.165, 1.54) is 0 Å². The van der Waals surface area contributed by atoms with Gasteiger partial charge in [-0.05, 0) is 37.4 Å². The smallest absolute Gasteiger partial charge is 0.201 e. The Bertz CT molecular complexity index is 831. The zero-order valence-electron chi connectivity index (χ0n) is 18.8. The molecule has 0 unspecified atom stereocenters. The van der Waals surface area contributed by atoms with Crippen LogP contribution in [0.2, 0.25) is 19.6 Å². The number of nitrogens with zero attached hydrogens (tertiary/aromatic N) is 1. The minimum absolute atomic E-state index is 0.311. The average molecular weight is 291 g/mol. The van der Waals surface area contributed by atoms with Crippen LogP contribution in [0.4, 0.5) is 0 Å². The van der Waals surface area contributed by atoms with E-state index in [0.29, 0.717) is 11.1 Å². The second kappa shape index (κ2) is 5.17. The summed E-state index contributed by atoms with van der Waals surface area (Å²) in [6.45, 7) is 3.98. The number of hydrogen-bond donors (Lipinski definition) is 0. The number of pyridine rings is 1. The Kier molecular flexibility index (Phi) is 2.27. The van der Waals surface area contributed by atoms with Gasteiger partial charge in [0, 0.05) is 25.4 Å². The van der Waals surface area contributed by atoms with E-state index in [0.717, 1.165) is 22.0 Å². The molecule has 1 aromatic heterocycles. The van der Waals surface area contributed by atoms with Crippen LogP contribution in [-0.4, -0.2) is 8.07 Å². The first-order valence-corrected chi connectivity index (χ1v) is 10.3. The Balaban J connectivity index is 2.72. The molecule has 0 bridgehead atoms. The highest BCUT2D eigenvalue weighted by molar-refractivity contribution is 6.89. The molecule has 0 aliphatic heterocycles. The first-order valence-electron chi connectivity index (χ1n) is 9.78. The molecule has 0 radical (unpaired) electrons. The van der Waals surface area contributed by atoms with Gasteiger partial charge in [0.2, 0.25) is 5.69 Å². The molecule has 20 heavy (non-hydrogen) atoms. The van der Waals surface area contributed by atoms with Gasteiger partial charge in [0.15, 0.2) is 6.20 Å². The summed E-state index contributed by atoms with van der Waals surface area (Å²) in [5, 5.41) is 0.907. The fraction of sp³-hybridized carbons (Fsp3) is 0.389. The van der Waals surface area contributed by atoms with E-state index >= 15 is 0 Å². The van der Waals surface area contributed by atoms with Crippen LogP contribution < -0.4 is 9.75 Å². The standard InChI is InChI=1S/C18H26NSi/c1-13-8-9-16(14(2)10-13)17-11-18(20(5,6)7)15(3)12-19(17)4/h8-12H,1-7H3/q+1/i1D3,3D3. The van der Waals surface area contributed by atoms with Crippen molar-refractivity contribution < 1.29 is 12.8 Å². The summed E-state index contributed by atoms with van der Waals surface area (Å²) < 4.78 is 48.2. The van der Waals surface area contributed by atoms with Crippen molar-refractivity contribution in [1.82, 2.24) is 0 Å². The van der Waals surface area contributed by atoms with Crippen LogP contribution in [0.15, 0.2) is 30.5 Å². The highest BCUT2D eigenvalue weighted by Crippen LogP contribution is 2.21. The Morgan fingerprint density at radius 3 is 2.35 bits per heavy atom. The third-order valence-electron chi connectivity index (χ3n) is 3.58. The van der Waals surface area contributed by atoms with Crippen molar-refractivity contribution in [3.05, 3.63) is 47.2 Å². The van der Waals surface area contributed by atoms with Crippen LogP contribution in [0.25, 0.3) is 11.3 Å². The SMILES string of the molecule is [2H]C([2H])([2H])c1ccc(-c2cc([Si](C)(C)C)c(C([2H])([2H])[2H])c[n+]2C)c(C)c1. The highest BCUT2D eigenvalue weighted by Gasteiger charge is 2.24. The highest BCUT2D eigenvalue weighted by atomic mass is 28.3. The third kappa shape index (κ3) is 2.85. The van der Waals surface area contributed by atoms with Crippen molar-refractivity contribution in [2.45, 2.75) is 40.3 Å². The number of benzene rings is 1. The van der Waals surface area contributed by atoms with Gasteiger partial charge in [-0.15, -0.1) is 0 Å². The second-order valence-electron chi connectivity index (χ2n) is 6.38. The topological polar surface area (TPSA) is 3.88 Å². The largest absolute Gasteiger partial charge is 0.212 e. The minimum Gasteiger partial charge on any atom is -0.201 e. The third-order valence-corrected chi connectivity index (χ3v) is 5.61. The Morgan fingerprint density at radius 2 is 1.80 bits per heavy atom. The number of aromatic nitrogens is 1. The van der Waals surface area contributed by atoms with E-state index in [1.807, 2.05) is 30.7 Å². The Labute approximate surface area is 132 Å². The predicted octanol–water partition coefficient (Wildman–Crippen LogP) is 3.65. The van der Waals surface area contributed by atoms with Gasteiger partial charge in [0.1, 0.15) is 7.05 Å². The molecule has 0 atom stereocenters. The van der Waals surface area contributed by atoms with Gasteiger partial charge in [-0.3, -0.25) is 0 Å². The lowest BCUT2D eigenvalue weighted by Gasteiger charge is -2.19. The lowest BCUT2D eigenvalue weighted by molar-refractivity contribution is -0.660. The zero-order valence-corrected chi connectivity index (χ0v) is 13.8. The molecule has 1 heterocycles. The van der Waals surface area contributed by atoms with Gasteiger partial charge in [-0.25, -0.2) is 4.57 Å². The van der Waals surface area contributed by atoms with Crippen LogP contribution in [0.5, 0.6) is 0 Å². The van der Waals surface area contributed by atoms with Crippen LogP contribution in [0.3, 0.4) is 0 Å². The van der Waals surface area contributed by atoms with Crippen molar-refractivity contribution in [2.75, 3.05) is 0 Å². The molecule has 1 nitrogen and oxygen atoms in total. The van der Waals surface area contributed by atoms with Crippen molar-refractivity contribution in [2.24, 2.45) is 7.05 Å². The molecule has 2 rings (SSSR count). The molecule has 106 valence electrons. The van der Waals surface area contributed by atoms with E-state index in [4.69, 9.17) is 8.22 Å². The van der Waals surface area contributed by atoms with Crippen molar-refractivity contribution in [1.29, 1.82) is 0 Å². The first-order chi connectivity index (χ1) is 11.6. The lowest BCUT2D eigenvalue weighted by Crippen LogP contribution is -2.44. The van der Waals surface area contributed by atoms with E-state index in [9.17, 15) is 0 Å². The molecular weight excluding hydrogens is 258 g/mol.